The molecule has 3 aromatic heterocycles. The molecule has 0 aliphatic carbocycles. The molecule has 9 heteroatoms. The number of nitrogens with zero attached hydrogens (tertiary/aromatic N) is 6. The molecule has 3 aromatic rings. The summed E-state index contributed by atoms with van der Waals surface area (Å²) < 4.78 is 11.8. The number of imidazole rings is 2. The summed E-state index contributed by atoms with van der Waals surface area (Å²) in [6.07, 6.45) is 5.53. The fraction of sp³-hybridized carbons (Fsp3) is 0.632. The van der Waals surface area contributed by atoms with Gasteiger partial charge in [-0.1, -0.05) is 6.42 Å². The maximum absolute atomic E-state index is 13.2. The summed E-state index contributed by atoms with van der Waals surface area (Å²) >= 11 is 0. The molecule has 1 fully saturated rings. The number of rotatable bonds is 6. The predicted octanol–water partition coefficient (Wildman–Crippen LogP) is 0.590. The maximum atomic E-state index is 13.2. The average Bonchev–Trinajstić information content (AvgIpc) is 3.20. The largest absolute Gasteiger partial charge is 0.383 e. The first kappa shape index (κ1) is 18.9. The zero-order valence-electron chi connectivity index (χ0n) is 16.8. The topological polar surface area (TPSA) is 78.7 Å². The summed E-state index contributed by atoms with van der Waals surface area (Å²) in [5.74, 6) is 0.658. The van der Waals surface area contributed by atoms with Crippen molar-refractivity contribution in [2.24, 2.45) is 7.05 Å². The molecular weight excluding hydrogens is 360 g/mol. The van der Waals surface area contributed by atoms with Crippen molar-refractivity contribution >= 4 is 16.9 Å². The van der Waals surface area contributed by atoms with Crippen LogP contribution in [0.1, 0.15) is 25.0 Å². The van der Waals surface area contributed by atoms with E-state index in [1.807, 2.05) is 17.7 Å². The summed E-state index contributed by atoms with van der Waals surface area (Å²) in [6.45, 7) is 6.36. The van der Waals surface area contributed by atoms with E-state index in [0.717, 1.165) is 25.3 Å². The van der Waals surface area contributed by atoms with Crippen molar-refractivity contribution < 1.29 is 4.74 Å². The second-order valence-electron chi connectivity index (χ2n) is 7.57. The predicted molar refractivity (Wildman–Crippen MR) is 107 cm³/mol. The zero-order chi connectivity index (χ0) is 19.8. The van der Waals surface area contributed by atoms with Crippen LogP contribution >= 0.6 is 0 Å². The molecule has 4 rings (SSSR count). The third kappa shape index (κ3) is 3.08. The summed E-state index contributed by atoms with van der Waals surface area (Å²) in [6, 6.07) is 0. The zero-order valence-corrected chi connectivity index (χ0v) is 16.8. The maximum Gasteiger partial charge on any atom is 0.332 e. The van der Waals surface area contributed by atoms with Gasteiger partial charge in [0.25, 0.3) is 5.56 Å². The van der Waals surface area contributed by atoms with Crippen LogP contribution in [0.5, 0.6) is 0 Å². The number of aryl methyl sites for hydroxylation is 2. The number of methoxy groups -OCH3 is 1. The van der Waals surface area contributed by atoms with Gasteiger partial charge in [-0.3, -0.25) is 18.3 Å². The number of ether oxygens (including phenoxy) is 1. The van der Waals surface area contributed by atoms with E-state index >= 15 is 0 Å². The second kappa shape index (κ2) is 7.56. The van der Waals surface area contributed by atoms with Crippen LogP contribution in [0.4, 0.5) is 0 Å². The molecule has 152 valence electrons. The molecule has 0 aromatic carbocycles. The van der Waals surface area contributed by atoms with Crippen molar-refractivity contribution in [2.75, 3.05) is 33.4 Å². The van der Waals surface area contributed by atoms with Crippen LogP contribution in [0.25, 0.3) is 16.9 Å². The van der Waals surface area contributed by atoms with E-state index < -0.39 is 0 Å². The van der Waals surface area contributed by atoms with Crippen molar-refractivity contribution in [1.29, 1.82) is 0 Å². The molecule has 1 saturated heterocycles. The molecular formula is C19H28N6O3. The smallest absolute Gasteiger partial charge is 0.332 e. The van der Waals surface area contributed by atoms with Gasteiger partial charge in [-0.15, -0.1) is 0 Å². The number of aromatic nitrogens is 5. The van der Waals surface area contributed by atoms with Crippen LogP contribution in [0, 0.1) is 6.92 Å². The van der Waals surface area contributed by atoms with Crippen LogP contribution in [-0.4, -0.2) is 61.3 Å². The number of hydrogen-bond acceptors (Lipinski definition) is 5. The Morgan fingerprint density at radius 2 is 1.82 bits per heavy atom. The molecule has 1 aliphatic heterocycles. The van der Waals surface area contributed by atoms with Gasteiger partial charge in [-0.2, -0.15) is 4.98 Å². The Labute approximate surface area is 162 Å². The first-order valence-electron chi connectivity index (χ1n) is 9.92. The fourth-order valence-electron chi connectivity index (χ4n) is 4.14. The van der Waals surface area contributed by atoms with Gasteiger partial charge in [0.15, 0.2) is 11.2 Å². The normalized spacial score (nSPS) is 15.8. The number of likely N-dealkylation sites (tertiary alicyclic amines) is 1. The minimum Gasteiger partial charge on any atom is -0.383 e. The average molecular weight is 388 g/mol. The summed E-state index contributed by atoms with van der Waals surface area (Å²) in [4.78, 5) is 33.0. The molecule has 0 spiro atoms. The molecule has 0 bridgehead atoms. The third-order valence-corrected chi connectivity index (χ3v) is 5.75. The van der Waals surface area contributed by atoms with E-state index in [2.05, 4.69) is 9.88 Å². The van der Waals surface area contributed by atoms with Crippen LogP contribution < -0.4 is 11.2 Å². The van der Waals surface area contributed by atoms with E-state index in [-0.39, 0.29) is 11.2 Å². The number of piperidine rings is 1. The third-order valence-electron chi connectivity index (χ3n) is 5.75. The SMILES string of the molecule is COCCn1c(C)cn2c3c(=O)n(CCN4CCCCC4)c(=O)n(C)c3nc12. The Morgan fingerprint density at radius 3 is 2.54 bits per heavy atom. The van der Waals surface area contributed by atoms with Crippen LogP contribution in [0.15, 0.2) is 15.8 Å². The Hall–Kier alpha value is -2.39. The van der Waals surface area contributed by atoms with Gasteiger partial charge in [0, 0.05) is 45.7 Å². The molecule has 9 nitrogen and oxygen atoms in total. The van der Waals surface area contributed by atoms with Crippen molar-refractivity contribution in [3.05, 3.63) is 32.7 Å². The Balaban J connectivity index is 1.80. The van der Waals surface area contributed by atoms with Gasteiger partial charge in [-0.25, -0.2) is 4.79 Å². The van der Waals surface area contributed by atoms with Crippen molar-refractivity contribution in [2.45, 2.75) is 39.3 Å². The number of fused-ring (bicyclic) bond motifs is 3. The lowest BCUT2D eigenvalue weighted by Crippen LogP contribution is -2.43. The van der Waals surface area contributed by atoms with E-state index in [1.165, 1.54) is 28.4 Å². The lowest BCUT2D eigenvalue weighted by molar-refractivity contribution is 0.187. The molecule has 0 saturated carbocycles. The summed E-state index contributed by atoms with van der Waals surface area (Å²) in [5, 5.41) is 0. The molecule has 0 atom stereocenters. The summed E-state index contributed by atoms with van der Waals surface area (Å²) in [5.41, 5.74) is 1.29. The van der Waals surface area contributed by atoms with E-state index in [1.54, 1.807) is 18.6 Å². The van der Waals surface area contributed by atoms with Crippen LogP contribution in [0.2, 0.25) is 0 Å². The lowest BCUT2D eigenvalue weighted by atomic mass is 10.1. The quantitative estimate of drug-likeness (QED) is 0.618. The van der Waals surface area contributed by atoms with Crippen molar-refractivity contribution in [3.63, 3.8) is 0 Å². The minimum atomic E-state index is -0.310. The number of hydrogen-bond donors (Lipinski definition) is 0. The van der Waals surface area contributed by atoms with Gasteiger partial charge in [0.05, 0.1) is 6.61 Å². The molecule has 0 unspecified atom stereocenters. The molecule has 0 radical (unpaired) electrons. The monoisotopic (exact) mass is 388 g/mol. The minimum absolute atomic E-state index is 0.272. The highest BCUT2D eigenvalue weighted by molar-refractivity contribution is 5.75. The van der Waals surface area contributed by atoms with E-state index in [0.29, 0.717) is 36.6 Å². The lowest BCUT2D eigenvalue weighted by Gasteiger charge is -2.26. The Kier molecular flexibility index (Phi) is 5.11. The Morgan fingerprint density at radius 1 is 1.07 bits per heavy atom. The molecule has 4 heterocycles. The highest BCUT2D eigenvalue weighted by Crippen LogP contribution is 2.16. The molecule has 0 N–H and O–H groups in total. The van der Waals surface area contributed by atoms with Crippen molar-refractivity contribution in [3.8, 4) is 0 Å². The standard InChI is InChI=1S/C19H28N6O3/c1-14-13-25-15-16(20-18(25)23(14)11-12-28-3)21(2)19(27)24(17(15)26)10-9-22-7-5-4-6-8-22/h13H,4-12H2,1-3H3. The molecule has 28 heavy (non-hydrogen) atoms. The van der Waals surface area contributed by atoms with Crippen molar-refractivity contribution in [1.82, 2.24) is 28.0 Å². The first-order valence-corrected chi connectivity index (χ1v) is 9.92. The first-order chi connectivity index (χ1) is 13.5. The van der Waals surface area contributed by atoms with Gasteiger partial charge in [0.2, 0.25) is 5.78 Å². The highest BCUT2D eigenvalue weighted by Gasteiger charge is 2.20. The fourth-order valence-corrected chi connectivity index (χ4v) is 4.14. The Bertz CT molecular complexity index is 1110. The summed E-state index contributed by atoms with van der Waals surface area (Å²) in [7, 11) is 3.34. The van der Waals surface area contributed by atoms with Gasteiger partial charge >= 0.3 is 5.69 Å². The van der Waals surface area contributed by atoms with Gasteiger partial charge < -0.3 is 14.2 Å². The molecule has 0 amide bonds. The van der Waals surface area contributed by atoms with Gasteiger partial charge in [-0.05, 0) is 32.9 Å². The van der Waals surface area contributed by atoms with Crippen LogP contribution in [0.3, 0.4) is 0 Å². The molecule has 1 aliphatic rings. The van der Waals surface area contributed by atoms with E-state index in [9.17, 15) is 9.59 Å². The highest BCUT2D eigenvalue weighted by atomic mass is 16.5. The second-order valence-corrected chi connectivity index (χ2v) is 7.57. The van der Waals surface area contributed by atoms with E-state index in [4.69, 9.17) is 4.74 Å². The van der Waals surface area contributed by atoms with Gasteiger partial charge in [0.1, 0.15) is 0 Å². The van der Waals surface area contributed by atoms with Crippen LogP contribution in [-0.2, 0) is 24.9 Å².